The normalized spacial score (nSPS) is 13.7. The molecule has 0 amide bonds. The highest BCUT2D eigenvalue weighted by Crippen LogP contribution is 2.63. The third kappa shape index (κ3) is 3.85. The lowest BCUT2D eigenvalue weighted by molar-refractivity contribution is 0.723. The van der Waals surface area contributed by atoms with E-state index in [0.717, 1.165) is 39.1 Å². The van der Waals surface area contributed by atoms with Gasteiger partial charge in [-0.05, 0) is 86.6 Å². The van der Waals surface area contributed by atoms with E-state index in [2.05, 4.69) is 168 Å². The number of fused-ring (bicyclic) bond motifs is 15. The van der Waals surface area contributed by atoms with Gasteiger partial charge in [0, 0.05) is 26.1 Å². The van der Waals surface area contributed by atoms with Gasteiger partial charge in [-0.1, -0.05) is 145 Å². The van der Waals surface area contributed by atoms with Crippen molar-refractivity contribution < 1.29 is 0 Å². The molecule has 2 aromatic heterocycles. The highest BCUT2D eigenvalue weighted by atomic mass is 32.2. The summed E-state index contributed by atoms with van der Waals surface area (Å²) in [5, 5.41) is 4.89. The first-order valence-electron chi connectivity index (χ1n) is 18.1. The number of benzene rings is 8. The maximum absolute atomic E-state index is 5.48. The summed E-state index contributed by atoms with van der Waals surface area (Å²) < 4.78 is 2.39. The summed E-state index contributed by atoms with van der Waals surface area (Å²) in [6, 6.07) is 64.1. The van der Waals surface area contributed by atoms with Crippen molar-refractivity contribution in [2.75, 3.05) is 0 Å². The lowest BCUT2D eigenvalue weighted by Gasteiger charge is -2.39. The molecule has 0 fully saturated rings. The molecule has 0 bridgehead atoms. The molecule has 3 nitrogen and oxygen atoms in total. The predicted octanol–water partition coefficient (Wildman–Crippen LogP) is 12.4. The van der Waals surface area contributed by atoms with Crippen LogP contribution >= 0.6 is 11.8 Å². The number of rotatable bonds is 2. The van der Waals surface area contributed by atoms with Crippen LogP contribution in [0.3, 0.4) is 0 Å². The summed E-state index contributed by atoms with van der Waals surface area (Å²) >= 11 is 1.88. The fraction of sp³-hybridized carbons (Fsp3) is 0.0204. The number of para-hydroxylation sites is 2. The van der Waals surface area contributed by atoms with Crippen molar-refractivity contribution in [1.29, 1.82) is 0 Å². The average Bonchev–Trinajstić information content (AvgIpc) is 3.70. The van der Waals surface area contributed by atoms with E-state index in [1.807, 2.05) is 23.9 Å². The molecule has 53 heavy (non-hydrogen) atoms. The van der Waals surface area contributed by atoms with E-state index in [4.69, 9.17) is 9.97 Å². The Kier molecular flexibility index (Phi) is 5.92. The van der Waals surface area contributed by atoms with Crippen LogP contribution in [0.4, 0.5) is 0 Å². The fourth-order valence-corrected chi connectivity index (χ4v) is 10.5. The third-order valence-corrected chi connectivity index (χ3v) is 12.6. The van der Waals surface area contributed by atoms with Crippen molar-refractivity contribution in [3.05, 3.63) is 198 Å². The molecule has 10 aromatic rings. The van der Waals surface area contributed by atoms with Gasteiger partial charge in [0.15, 0.2) is 5.82 Å². The molecule has 2 aliphatic rings. The van der Waals surface area contributed by atoms with Crippen LogP contribution in [0.15, 0.2) is 186 Å². The number of hydrogen-bond donors (Lipinski definition) is 0. The Morgan fingerprint density at radius 2 is 1.09 bits per heavy atom. The maximum atomic E-state index is 5.48. The second-order valence-corrected chi connectivity index (χ2v) is 15.2. The first-order valence-corrected chi connectivity index (χ1v) is 18.9. The Labute approximate surface area is 310 Å². The monoisotopic (exact) mass is 691 g/mol. The van der Waals surface area contributed by atoms with Crippen LogP contribution in [0.1, 0.15) is 22.3 Å². The van der Waals surface area contributed by atoms with Crippen molar-refractivity contribution in [2.24, 2.45) is 0 Å². The Morgan fingerprint density at radius 1 is 0.453 bits per heavy atom. The van der Waals surface area contributed by atoms with Crippen LogP contribution in [0.25, 0.3) is 71.8 Å². The molecule has 0 radical (unpaired) electrons. The number of nitrogens with zero attached hydrogens (tertiary/aromatic N) is 3. The minimum Gasteiger partial charge on any atom is -0.292 e. The molecular weight excluding hydrogens is 663 g/mol. The van der Waals surface area contributed by atoms with Gasteiger partial charge in [-0.25, -0.2) is 9.97 Å². The zero-order valence-electron chi connectivity index (χ0n) is 28.5. The topological polar surface area (TPSA) is 30.7 Å². The minimum absolute atomic E-state index is 0.487. The van der Waals surface area contributed by atoms with Crippen LogP contribution in [0.2, 0.25) is 0 Å². The van der Waals surface area contributed by atoms with Gasteiger partial charge in [0.1, 0.15) is 5.69 Å². The van der Waals surface area contributed by atoms with E-state index in [1.54, 1.807) is 0 Å². The van der Waals surface area contributed by atoms with Crippen molar-refractivity contribution in [2.45, 2.75) is 15.2 Å². The first kappa shape index (κ1) is 29.1. The van der Waals surface area contributed by atoms with Gasteiger partial charge in [0.05, 0.1) is 27.5 Å². The molecule has 1 spiro atoms. The SMILES string of the molecule is c1ccc(-c2nc3ccccc3nc2-n2c3cc4c(cc3c3c5ccccc5ccc32)-c2ccccc2C42c3ccccc3Sc3ccccc32)cc1. The minimum atomic E-state index is -0.487. The molecular formula is C49H29N3S. The van der Waals surface area contributed by atoms with E-state index in [9.17, 15) is 0 Å². The summed E-state index contributed by atoms with van der Waals surface area (Å²) in [5.41, 5.74) is 13.3. The van der Waals surface area contributed by atoms with E-state index in [0.29, 0.717) is 0 Å². The molecule has 0 saturated heterocycles. The highest BCUT2D eigenvalue weighted by Gasteiger charge is 2.50. The highest BCUT2D eigenvalue weighted by molar-refractivity contribution is 7.99. The zero-order valence-corrected chi connectivity index (χ0v) is 29.3. The maximum Gasteiger partial charge on any atom is 0.165 e. The second kappa shape index (κ2) is 10.8. The molecule has 0 atom stereocenters. The van der Waals surface area contributed by atoms with Gasteiger partial charge < -0.3 is 0 Å². The quantitative estimate of drug-likeness (QED) is 0.181. The first-order chi connectivity index (χ1) is 26.3. The van der Waals surface area contributed by atoms with E-state index >= 15 is 0 Å². The summed E-state index contributed by atoms with van der Waals surface area (Å²) in [7, 11) is 0. The summed E-state index contributed by atoms with van der Waals surface area (Å²) in [4.78, 5) is 13.4. The third-order valence-electron chi connectivity index (χ3n) is 11.4. The van der Waals surface area contributed by atoms with Crippen molar-refractivity contribution in [3.63, 3.8) is 0 Å². The van der Waals surface area contributed by atoms with Gasteiger partial charge in [-0.15, -0.1) is 0 Å². The van der Waals surface area contributed by atoms with Crippen molar-refractivity contribution in [3.8, 4) is 28.2 Å². The smallest absolute Gasteiger partial charge is 0.165 e. The Balaban J connectivity index is 1.30. The summed E-state index contributed by atoms with van der Waals surface area (Å²) in [6.45, 7) is 0. The second-order valence-electron chi connectivity index (χ2n) is 14.1. The van der Waals surface area contributed by atoms with Crippen molar-refractivity contribution in [1.82, 2.24) is 14.5 Å². The van der Waals surface area contributed by atoms with Crippen LogP contribution in [0.5, 0.6) is 0 Å². The van der Waals surface area contributed by atoms with Gasteiger partial charge >= 0.3 is 0 Å². The van der Waals surface area contributed by atoms with Crippen LogP contribution in [-0.4, -0.2) is 14.5 Å². The van der Waals surface area contributed by atoms with Crippen LogP contribution in [0, 0.1) is 0 Å². The molecule has 1 aliphatic carbocycles. The Hall–Kier alpha value is -6.49. The van der Waals surface area contributed by atoms with Gasteiger partial charge in [0.2, 0.25) is 0 Å². The zero-order chi connectivity index (χ0) is 34.7. The van der Waals surface area contributed by atoms with E-state index in [-0.39, 0.29) is 0 Å². The van der Waals surface area contributed by atoms with Gasteiger partial charge in [-0.3, -0.25) is 4.57 Å². The van der Waals surface area contributed by atoms with E-state index < -0.39 is 5.41 Å². The molecule has 0 saturated carbocycles. The lowest BCUT2D eigenvalue weighted by Crippen LogP contribution is -2.31. The lowest BCUT2D eigenvalue weighted by atomic mass is 9.67. The fourth-order valence-electron chi connectivity index (χ4n) is 9.30. The predicted molar refractivity (Wildman–Crippen MR) is 218 cm³/mol. The van der Waals surface area contributed by atoms with Crippen LogP contribution < -0.4 is 0 Å². The van der Waals surface area contributed by atoms with Crippen LogP contribution in [-0.2, 0) is 5.41 Å². The molecule has 0 N–H and O–H groups in total. The molecule has 0 unspecified atom stereocenters. The molecule has 8 aromatic carbocycles. The summed E-state index contributed by atoms with van der Waals surface area (Å²) in [6.07, 6.45) is 0. The molecule has 246 valence electrons. The van der Waals surface area contributed by atoms with Gasteiger partial charge in [0.25, 0.3) is 0 Å². The summed E-state index contributed by atoms with van der Waals surface area (Å²) in [5.74, 6) is 0.828. The Bertz CT molecular complexity index is 3110. The standard InChI is InChI=1S/C49H29N3S/c1-2-15-31(16-3-1)47-48(51-41-23-11-10-22-40(41)50-47)52-42-27-26-30-14-4-5-17-32(30)46(42)35-28-34-33-18-6-7-19-36(33)49(39(34)29-43(35)52)37-20-8-12-24-44(37)53-45-25-13-9-21-38(45)49/h1-29H. The molecule has 12 rings (SSSR count). The molecule has 4 heteroatoms. The largest absolute Gasteiger partial charge is 0.292 e. The average molecular weight is 692 g/mol. The molecule has 3 heterocycles. The number of hydrogen-bond acceptors (Lipinski definition) is 3. The Morgan fingerprint density at radius 3 is 1.89 bits per heavy atom. The van der Waals surface area contributed by atoms with E-state index in [1.165, 1.54) is 64.7 Å². The van der Waals surface area contributed by atoms with Crippen molar-refractivity contribution >= 4 is 55.4 Å². The molecule has 1 aliphatic heterocycles. The number of aromatic nitrogens is 3. The van der Waals surface area contributed by atoms with Gasteiger partial charge in [-0.2, -0.15) is 0 Å².